The Labute approximate surface area is 222 Å². The van der Waals surface area contributed by atoms with Gasteiger partial charge < -0.3 is 14.8 Å². The van der Waals surface area contributed by atoms with E-state index in [1.807, 2.05) is 0 Å². The van der Waals surface area contributed by atoms with E-state index >= 15 is 0 Å². The van der Waals surface area contributed by atoms with Gasteiger partial charge in [-0.25, -0.2) is 16.8 Å². The molecule has 202 valence electrons. The van der Waals surface area contributed by atoms with E-state index in [2.05, 4.69) is 5.32 Å². The average molecular weight is 560 g/mol. The number of carbonyl (C=O) groups is 1. The van der Waals surface area contributed by atoms with Crippen LogP contribution in [0.3, 0.4) is 0 Å². The largest absolute Gasteiger partial charge is 0.497 e. The second-order valence-corrected chi connectivity index (χ2v) is 12.3. The number of carbonyl (C=O) groups excluding carboxylic acids is 1. The van der Waals surface area contributed by atoms with Crippen LogP contribution >= 0.6 is 0 Å². The number of methoxy groups -OCH3 is 2. The minimum Gasteiger partial charge on any atom is -0.497 e. The van der Waals surface area contributed by atoms with Crippen LogP contribution < -0.4 is 19.1 Å². The minimum absolute atomic E-state index is 0.0151. The predicted octanol–water partition coefficient (Wildman–Crippen LogP) is 3.32. The average Bonchev–Trinajstić information content (AvgIpc) is 3.48. The summed E-state index contributed by atoms with van der Waals surface area (Å²) in [5.74, 6) is 0.0479. The van der Waals surface area contributed by atoms with Crippen LogP contribution in [-0.4, -0.2) is 60.9 Å². The summed E-state index contributed by atoms with van der Waals surface area (Å²) >= 11 is 0. The smallest absolute Gasteiger partial charge is 0.264 e. The molecule has 10 nitrogen and oxygen atoms in total. The summed E-state index contributed by atoms with van der Waals surface area (Å²) in [5.41, 5.74) is 0.406. The monoisotopic (exact) mass is 559 g/mol. The van der Waals surface area contributed by atoms with E-state index in [0.29, 0.717) is 18.8 Å². The number of benzene rings is 3. The molecule has 1 saturated heterocycles. The molecular formula is C26H29N3O7S2. The second-order valence-electron chi connectivity index (χ2n) is 8.54. The number of ether oxygens (including phenoxy) is 2. The van der Waals surface area contributed by atoms with E-state index in [-0.39, 0.29) is 26.9 Å². The van der Waals surface area contributed by atoms with Crippen LogP contribution in [0.1, 0.15) is 12.8 Å². The van der Waals surface area contributed by atoms with Gasteiger partial charge in [-0.3, -0.25) is 9.10 Å². The highest BCUT2D eigenvalue weighted by atomic mass is 32.2. The Hall–Kier alpha value is -3.61. The quantitative estimate of drug-likeness (QED) is 0.404. The summed E-state index contributed by atoms with van der Waals surface area (Å²) in [5, 5.41) is 2.63. The van der Waals surface area contributed by atoms with Crippen molar-refractivity contribution < 1.29 is 31.1 Å². The molecule has 1 aliphatic heterocycles. The summed E-state index contributed by atoms with van der Waals surface area (Å²) in [6.07, 6.45) is 1.58. The molecule has 0 spiro atoms. The van der Waals surface area contributed by atoms with E-state index in [0.717, 1.165) is 17.1 Å². The molecule has 0 aliphatic carbocycles. The van der Waals surface area contributed by atoms with E-state index in [1.54, 1.807) is 30.3 Å². The third-order valence-electron chi connectivity index (χ3n) is 6.13. The van der Waals surface area contributed by atoms with Crippen LogP contribution in [0.5, 0.6) is 11.5 Å². The van der Waals surface area contributed by atoms with Gasteiger partial charge in [0.25, 0.3) is 10.0 Å². The van der Waals surface area contributed by atoms with E-state index in [9.17, 15) is 21.6 Å². The lowest BCUT2D eigenvalue weighted by Crippen LogP contribution is -2.38. The van der Waals surface area contributed by atoms with Gasteiger partial charge in [0.15, 0.2) is 0 Å². The fourth-order valence-corrected chi connectivity index (χ4v) is 7.09. The van der Waals surface area contributed by atoms with Gasteiger partial charge in [0, 0.05) is 13.1 Å². The van der Waals surface area contributed by atoms with Crippen LogP contribution in [0.25, 0.3) is 0 Å². The first kappa shape index (κ1) is 27.4. The molecule has 1 amide bonds. The van der Waals surface area contributed by atoms with Crippen molar-refractivity contribution in [1.82, 2.24) is 4.31 Å². The van der Waals surface area contributed by atoms with Crippen molar-refractivity contribution in [2.24, 2.45) is 0 Å². The molecule has 1 aliphatic rings. The molecule has 4 rings (SSSR count). The SMILES string of the molecule is COc1ccc(S(=O)(=O)N(CC(=O)Nc2cc(S(=O)(=O)N3CCCC3)ccc2OC)c2ccccc2)cc1. The van der Waals surface area contributed by atoms with Gasteiger partial charge in [-0.15, -0.1) is 0 Å². The van der Waals surface area contributed by atoms with Crippen molar-refractivity contribution >= 4 is 37.3 Å². The number of nitrogens with one attached hydrogen (secondary N) is 1. The highest BCUT2D eigenvalue weighted by molar-refractivity contribution is 7.92. The Morgan fingerprint density at radius 3 is 2.11 bits per heavy atom. The van der Waals surface area contributed by atoms with Gasteiger partial charge in [0.05, 0.1) is 35.4 Å². The first-order valence-electron chi connectivity index (χ1n) is 11.9. The van der Waals surface area contributed by atoms with Crippen LogP contribution in [-0.2, 0) is 24.8 Å². The van der Waals surface area contributed by atoms with Crippen LogP contribution in [0.2, 0.25) is 0 Å². The molecule has 0 unspecified atom stereocenters. The molecule has 12 heteroatoms. The lowest BCUT2D eigenvalue weighted by molar-refractivity contribution is -0.114. The van der Waals surface area contributed by atoms with Crippen LogP contribution in [0, 0.1) is 0 Å². The third kappa shape index (κ3) is 5.77. The number of amides is 1. The Kier molecular flexibility index (Phi) is 8.24. The Balaban J connectivity index is 1.64. The van der Waals surface area contributed by atoms with Crippen molar-refractivity contribution in [3.8, 4) is 11.5 Å². The molecule has 0 aromatic heterocycles. The Bertz CT molecular complexity index is 1490. The number of hydrogen-bond acceptors (Lipinski definition) is 7. The van der Waals surface area contributed by atoms with Crippen molar-refractivity contribution in [2.75, 3.05) is 43.5 Å². The van der Waals surface area contributed by atoms with Crippen molar-refractivity contribution in [2.45, 2.75) is 22.6 Å². The normalized spacial score (nSPS) is 14.2. The van der Waals surface area contributed by atoms with Crippen LogP contribution in [0.4, 0.5) is 11.4 Å². The van der Waals surface area contributed by atoms with Crippen molar-refractivity contribution in [1.29, 1.82) is 0 Å². The molecule has 0 saturated carbocycles. The standard InChI is InChI=1S/C26H29N3O7S2/c1-35-21-10-12-22(13-11-21)38(33,34)29(20-8-4-3-5-9-20)19-26(30)27-24-18-23(14-15-25(24)36-2)37(31,32)28-16-6-7-17-28/h3-5,8-15,18H,6-7,16-17,19H2,1-2H3,(H,27,30). The molecule has 3 aromatic rings. The lowest BCUT2D eigenvalue weighted by atomic mass is 10.3. The van der Waals surface area contributed by atoms with Gasteiger partial charge in [0.2, 0.25) is 15.9 Å². The van der Waals surface area contributed by atoms with Gasteiger partial charge in [-0.05, 0) is 67.4 Å². The van der Waals surface area contributed by atoms with E-state index < -0.39 is 32.5 Å². The summed E-state index contributed by atoms with van der Waals surface area (Å²) in [6, 6.07) is 18.3. The lowest BCUT2D eigenvalue weighted by Gasteiger charge is -2.24. The minimum atomic E-state index is -4.14. The van der Waals surface area contributed by atoms with Crippen molar-refractivity contribution in [3.05, 3.63) is 72.8 Å². The molecule has 1 heterocycles. The molecule has 0 atom stereocenters. The number of para-hydroxylation sites is 1. The zero-order chi connectivity index (χ0) is 27.3. The maximum atomic E-state index is 13.6. The zero-order valence-corrected chi connectivity index (χ0v) is 22.7. The van der Waals surface area contributed by atoms with E-state index in [1.165, 1.54) is 61.0 Å². The molecule has 0 bridgehead atoms. The Morgan fingerprint density at radius 2 is 1.50 bits per heavy atom. The van der Waals surface area contributed by atoms with Gasteiger partial charge >= 0.3 is 0 Å². The van der Waals surface area contributed by atoms with Crippen molar-refractivity contribution in [3.63, 3.8) is 0 Å². The predicted molar refractivity (Wildman–Crippen MR) is 144 cm³/mol. The fraction of sp³-hybridized carbons (Fsp3) is 0.269. The van der Waals surface area contributed by atoms with Gasteiger partial charge in [-0.2, -0.15) is 4.31 Å². The maximum absolute atomic E-state index is 13.6. The number of rotatable bonds is 10. The number of anilines is 2. The summed E-state index contributed by atoms with van der Waals surface area (Å²) in [7, 11) is -5.02. The number of nitrogens with zero attached hydrogens (tertiary/aromatic N) is 2. The summed E-state index contributed by atoms with van der Waals surface area (Å²) < 4.78 is 66.1. The molecular weight excluding hydrogens is 530 g/mol. The number of sulfonamides is 2. The molecule has 1 N–H and O–H groups in total. The van der Waals surface area contributed by atoms with Crippen LogP contribution in [0.15, 0.2) is 82.6 Å². The topological polar surface area (TPSA) is 122 Å². The van der Waals surface area contributed by atoms with Gasteiger partial charge in [-0.1, -0.05) is 18.2 Å². The second kappa shape index (κ2) is 11.4. The first-order chi connectivity index (χ1) is 18.2. The van der Waals surface area contributed by atoms with E-state index in [4.69, 9.17) is 9.47 Å². The fourth-order valence-electron chi connectivity index (χ4n) is 4.13. The summed E-state index contributed by atoms with van der Waals surface area (Å²) in [4.78, 5) is 13.2. The molecule has 3 aromatic carbocycles. The first-order valence-corrected chi connectivity index (χ1v) is 14.7. The highest BCUT2D eigenvalue weighted by Crippen LogP contribution is 2.31. The Morgan fingerprint density at radius 1 is 0.868 bits per heavy atom. The number of hydrogen-bond donors (Lipinski definition) is 1. The highest BCUT2D eigenvalue weighted by Gasteiger charge is 2.30. The summed E-state index contributed by atoms with van der Waals surface area (Å²) in [6.45, 7) is 0.307. The zero-order valence-electron chi connectivity index (χ0n) is 21.0. The molecule has 1 fully saturated rings. The maximum Gasteiger partial charge on any atom is 0.264 e. The molecule has 38 heavy (non-hydrogen) atoms. The molecule has 0 radical (unpaired) electrons. The van der Waals surface area contributed by atoms with Gasteiger partial charge in [0.1, 0.15) is 18.0 Å². The third-order valence-corrected chi connectivity index (χ3v) is 9.81.